The van der Waals surface area contributed by atoms with Gasteiger partial charge in [-0.2, -0.15) is 0 Å². The highest BCUT2D eigenvalue weighted by atomic mass is 16.5. The van der Waals surface area contributed by atoms with Gasteiger partial charge in [0.25, 0.3) is 0 Å². The van der Waals surface area contributed by atoms with Gasteiger partial charge in [-0.05, 0) is 50.9 Å². The number of hydrogen-bond donors (Lipinski definition) is 1. The van der Waals surface area contributed by atoms with Crippen LogP contribution in [0.4, 0.5) is 0 Å². The van der Waals surface area contributed by atoms with Crippen LogP contribution >= 0.6 is 0 Å². The van der Waals surface area contributed by atoms with E-state index in [1.165, 1.54) is 5.56 Å². The summed E-state index contributed by atoms with van der Waals surface area (Å²) in [4.78, 5) is 12.9. The predicted molar refractivity (Wildman–Crippen MR) is 80.4 cm³/mol. The fourth-order valence-electron chi connectivity index (χ4n) is 2.19. The Morgan fingerprint density at radius 1 is 1.40 bits per heavy atom. The molecular weight excluding hydrogens is 254 g/mol. The molecule has 1 aromatic carbocycles. The normalized spacial score (nSPS) is 12.4. The van der Waals surface area contributed by atoms with Crippen LogP contribution < -0.4 is 4.74 Å². The van der Waals surface area contributed by atoms with E-state index in [0.717, 1.165) is 24.3 Å². The van der Waals surface area contributed by atoms with Gasteiger partial charge in [0, 0.05) is 6.54 Å². The zero-order valence-corrected chi connectivity index (χ0v) is 12.8. The molecule has 0 aromatic heterocycles. The molecule has 112 valence electrons. The third-order valence-corrected chi connectivity index (χ3v) is 3.46. The van der Waals surface area contributed by atoms with Crippen LogP contribution in [0.15, 0.2) is 18.2 Å². The molecule has 0 fully saturated rings. The third-order valence-electron chi connectivity index (χ3n) is 3.46. The van der Waals surface area contributed by atoms with E-state index in [0.29, 0.717) is 13.0 Å². The Labute approximate surface area is 121 Å². The number of rotatable bonds is 8. The lowest BCUT2D eigenvalue weighted by molar-refractivity contribution is -0.142. The maximum atomic E-state index is 11.0. The van der Waals surface area contributed by atoms with Crippen molar-refractivity contribution in [3.8, 4) is 5.75 Å². The summed E-state index contributed by atoms with van der Waals surface area (Å²) in [5.41, 5.74) is 2.31. The fourth-order valence-corrected chi connectivity index (χ4v) is 2.19. The molecule has 1 rings (SSSR count). The van der Waals surface area contributed by atoms with E-state index in [1.54, 1.807) is 0 Å². The number of nitrogens with zero attached hydrogens (tertiary/aromatic N) is 1. The molecule has 0 amide bonds. The molecule has 0 bridgehead atoms. The SMILES string of the molecule is CCC(C(=O)O)N(C)CCCOc1cc(C)ccc1C. The summed E-state index contributed by atoms with van der Waals surface area (Å²) in [5, 5.41) is 9.07. The van der Waals surface area contributed by atoms with Gasteiger partial charge in [-0.3, -0.25) is 9.69 Å². The predicted octanol–water partition coefficient (Wildman–Crippen LogP) is 2.87. The van der Waals surface area contributed by atoms with Gasteiger partial charge in [0.1, 0.15) is 11.8 Å². The van der Waals surface area contributed by atoms with Crippen LogP contribution in [0.3, 0.4) is 0 Å². The van der Waals surface area contributed by atoms with Gasteiger partial charge in [-0.1, -0.05) is 19.1 Å². The Bertz CT molecular complexity index is 445. The lowest BCUT2D eigenvalue weighted by Crippen LogP contribution is -2.38. The number of aliphatic carboxylic acids is 1. The zero-order chi connectivity index (χ0) is 15.1. The number of hydrogen-bond acceptors (Lipinski definition) is 3. The van der Waals surface area contributed by atoms with Crippen molar-refractivity contribution in [2.45, 2.75) is 39.7 Å². The maximum Gasteiger partial charge on any atom is 0.320 e. The quantitative estimate of drug-likeness (QED) is 0.743. The number of benzene rings is 1. The van der Waals surface area contributed by atoms with Crippen LogP contribution in [0.2, 0.25) is 0 Å². The van der Waals surface area contributed by atoms with Gasteiger partial charge in [0.15, 0.2) is 0 Å². The minimum Gasteiger partial charge on any atom is -0.493 e. The van der Waals surface area contributed by atoms with Crippen molar-refractivity contribution in [3.05, 3.63) is 29.3 Å². The molecule has 0 saturated heterocycles. The summed E-state index contributed by atoms with van der Waals surface area (Å²) in [6.45, 7) is 7.28. The summed E-state index contributed by atoms with van der Waals surface area (Å²) < 4.78 is 5.77. The van der Waals surface area contributed by atoms with Crippen molar-refractivity contribution < 1.29 is 14.6 Å². The highest BCUT2D eigenvalue weighted by Gasteiger charge is 2.19. The second-order valence-corrected chi connectivity index (χ2v) is 5.21. The van der Waals surface area contributed by atoms with Crippen LogP contribution in [-0.2, 0) is 4.79 Å². The van der Waals surface area contributed by atoms with Gasteiger partial charge in [-0.25, -0.2) is 0 Å². The lowest BCUT2D eigenvalue weighted by atomic mass is 10.1. The van der Waals surface area contributed by atoms with Crippen LogP contribution in [-0.4, -0.2) is 42.2 Å². The number of carbonyl (C=O) groups is 1. The average molecular weight is 279 g/mol. The standard InChI is InChI=1S/C16H25NO3/c1-5-14(16(18)19)17(4)9-6-10-20-15-11-12(2)7-8-13(15)3/h7-8,11,14H,5-6,9-10H2,1-4H3,(H,18,19). The third kappa shape index (κ3) is 4.85. The highest BCUT2D eigenvalue weighted by Crippen LogP contribution is 2.19. The Morgan fingerprint density at radius 2 is 2.10 bits per heavy atom. The van der Waals surface area contributed by atoms with Crippen molar-refractivity contribution in [2.24, 2.45) is 0 Å². The van der Waals surface area contributed by atoms with Crippen molar-refractivity contribution in [1.82, 2.24) is 4.90 Å². The number of aryl methyl sites for hydroxylation is 2. The van der Waals surface area contributed by atoms with Gasteiger partial charge in [0.2, 0.25) is 0 Å². The van der Waals surface area contributed by atoms with Gasteiger partial charge < -0.3 is 9.84 Å². The number of likely N-dealkylation sites (N-methyl/N-ethyl adjacent to an activating group) is 1. The van der Waals surface area contributed by atoms with Gasteiger partial charge >= 0.3 is 5.97 Å². The second-order valence-electron chi connectivity index (χ2n) is 5.21. The van der Waals surface area contributed by atoms with Crippen LogP contribution in [0.5, 0.6) is 5.75 Å². The monoisotopic (exact) mass is 279 g/mol. The van der Waals surface area contributed by atoms with Crippen LogP contribution in [0.1, 0.15) is 30.9 Å². The molecule has 20 heavy (non-hydrogen) atoms. The molecule has 0 aliphatic heterocycles. The first kappa shape index (κ1) is 16.5. The minimum absolute atomic E-state index is 0.407. The molecule has 1 aromatic rings. The topological polar surface area (TPSA) is 49.8 Å². The van der Waals surface area contributed by atoms with Crippen LogP contribution in [0.25, 0.3) is 0 Å². The summed E-state index contributed by atoms with van der Waals surface area (Å²) >= 11 is 0. The Kier molecular flexibility index (Phi) is 6.52. The van der Waals surface area contributed by atoms with Crippen molar-refractivity contribution in [1.29, 1.82) is 0 Å². The summed E-state index contributed by atoms with van der Waals surface area (Å²) in [6.07, 6.45) is 1.43. The largest absolute Gasteiger partial charge is 0.493 e. The van der Waals surface area contributed by atoms with Crippen molar-refractivity contribution in [2.75, 3.05) is 20.2 Å². The zero-order valence-electron chi connectivity index (χ0n) is 12.8. The van der Waals surface area contributed by atoms with E-state index in [-0.39, 0.29) is 0 Å². The molecule has 0 saturated carbocycles. The van der Waals surface area contributed by atoms with E-state index in [4.69, 9.17) is 9.84 Å². The fraction of sp³-hybridized carbons (Fsp3) is 0.562. The first-order valence-corrected chi connectivity index (χ1v) is 7.08. The van der Waals surface area contributed by atoms with Gasteiger partial charge in [0.05, 0.1) is 6.61 Å². The Hall–Kier alpha value is -1.55. The second kappa shape index (κ2) is 7.90. The summed E-state index contributed by atoms with van der Waals surface area (Å²) in [5.74, 6) is 0.156. The lowest BCUT2D eigenvalue weighted by Gasteiger charge is -2.23. The molecular formula is C16H25NO3. The van der Waals surface area contributed by atoms with E-state index in [2.05, 4.69) is 6.07 Å². The molecule has 0 aliphatic rings. The van der Waals surface area contributed by atoms with Crippen molar-refractivity contribution >= 4 is 5.97 Å². The highest BCUT2D eigenvalue weighted by molar-refractivity contribution is 5.73. The average Bonchev–Trinajstić information content (AvgIpc) is 2.39. The van der Waals surface area contributed by atoms with E-state index in [9.17, 15) is 4.79 Å². The van der Waals surface area contributed by atoms with Crippen LogP contribution in [0, 0.1) is 13.8 Å². The van der Waals surface area contributed by atoms with Gasteiger partial charge in [-0.15, -0.1) is 0 Å². The van der Waals surface area contributed by atoms with E-state index in [1.807, 2.05) is 44.9 Å². The molecule has 1 atom stereocenters. The van der Waals surface area contributed by atoms with Crippen molar-refractivity contribution in [3.63, 3.8) is 0 Å². The number of carboxylic acid groups (broad SMARTS) is 1. The molecule has 4 heteroatoms. The first-order valence-electron chi connectivity index (χ1n) is 7.08. The van der Waals surface area contributed by atoms with E-state index < -0.39 is 12.0 Å². The molecule has 0 heterocycles. The first-order chi connectivity index (χ1) is 9.45. The molecule has 0 aliphatic carbocycles. The minimum atomic E-state index is -0.759. The number of ether oxygens (including phenoxy) is 1. The summed E-state index contributed by atoms with van der Waals surface area (Å²) in [7, 11) is 1.85. The molecule has 0 spiro atoms. The van der Waals surface area contributed by atoms with E-state index >= 15 is 0 Å². The summed E-state index contributed by atoms with van der Waals surface area (Å²) in [6, 6.07) is 5.74. The number of carboxylic acids is 1. The maximum absolute atomic E-state index is 11.0. The molecule has 0 radical (unpaired) electrons. The Balaban J connectivity index is 2.38. The Morgan fingerprint density at radius 3 is 2.70 bits per heavy atom. The molecule has 4 nitrogen and oxygen atoms in total. The molecule has 1 unspecified atom stereocenters. The molecule has 1 N–H and O–H groups in total. The smallest absolute Gasteiger partial charge is 0.320 e.